The van der Waals surface area contributed by atoms with Gasteiger partial charge >= 0.3 is 0 Å². The number of aryl methyl sites for hydroxylation is 1. The Bertz CT molecular complexity index is 904. The van der Waals surface area contributed by atoms with Gasteiger partial charge in [0.05, 0.1) is 25.6 Å². The fourth-order valence-corrected chi connectivity index (χ4v) is 3.11. The molecule has 0 saturated carbocycles. The van der Waals surface area contributed by atoms with Gasteiger partial charge in [0.25, 0.3) is 0 Å². The van der Waals surface area contributed by atoms with Crippen LogP contribution in [0.3, 0.4) is 0 Å². The lowest BCUT2D eigenvalue weighted by Crippen LogP contribution is -1.98. The molecular weight excluding hydrogens is 358 g/mol. The molecule has 1 N–H and O–H groups in total. The quantitative estimate of drug-likeness (QED) is 0.421. The minimum atomic E-state index is 0.665. The summed E-state index contributed by atoms with van der Waals surface area (Å²) in [7, 11) is 1.63. The van der Waals surface area contributed by atoms with E-state index in [1.165, 1.54) is 16.9 Å². The van der Waals surface area contributed by atoms with Gasteiger partial charge in [-0.05, 0) is 37.1 Å². The Balaban J connectivity index is 1.64. The number of ether oxygens (including phenoxy) is 2. The van der Waals surface area contributed by atoms with Crippen LogP contribution in [0, 0.1) is 6.92 Å². The van der Waals surface area contributed by atoms with E-state index >= 15 is 0 Å². The highest BCUT2D eigenvalue weighted by Gasteiger charge is 2.05. The minimum Gasteiger partial charge on any atom is -0.493 e. The van der Waals surface area contributed by atoms with Crippen molar-refractivity contribution in [2.24, 2.45) is 5.10 Å². The summed E-state index contributed by atoms with van der Waals surface area (Å²) < 4.78 is 11.1. The van der Waals surface area contributed by atoms with Crippen LogP contribution in [0.1, 0.15) is 24.5 Å². The molecule has 0 aliphatic rings. The van der Waals surface area contributed by atoms with Crippen LogP contribution in [-0.2, 0) is 0 Å². The second-order valence-corrected chi connectivity index (χ2v) is 6.89. The Kier molecular flexibility index (Phi) is 6.44. The predicted octanol–water partition coefficient (Wildman–Crippen LogP) is 5.36. The summed E-state index contributed by atoms with van der Waals surface area (Å²) in [4.78, 5) is 4.57. The van der Waals surface area contributed by atoms with E-state index in [-0.39, 0.29) is 0 Å². The van der Waals surface area contributed by atoms with Crippen LogP contribution in [0.4, 0.5) is 5.13 Å². The molecule has 0 bridgehead atoms. The number of anilines is 1. The zero-order valence-electron chi connectivity index (χ0n) is 15.7. The molecule has 0 saturated heterocycles. The molecule has 0 unspecified atom stereocenters. The maximum Gasteiger partial charge on any atom is 0.203 e. The third-order valence-electron chi connectivity index (χ3n) is 3.87. The number of methoxy groups -OCH3 is 1. The molecular formula is C21H23N3O2S. The molecule has 0 spiro atoms. The Labute approximate surface area is 163 Å². The average molecular weight is 382 g/mol. The average Bonchev–Trinajstić information content (AvgIpc) is 3.16. The van der Waals surface area contributed by atoms with Gasteiger partial charge in [-0.2, -0.15) is 5.10 Å². The number of hydrazone groups is 1. The Morgan fingerprint density at radius 1 is 1.15 bits per heavy atom. The van der Waals surface area contributed by atoms with Gasteiger partial charge < -0.3 is 9.47 Å². The summed E-state index contributed by atoms with van der Waals surface area (Å²) >= 11 is 1.52. The third-order valence-corrected chi connectivity index (χ3v) is 4.62. The molecule has 27 heavy (non-hydrogen) atoms. The van der Waals surface area contributed by atoms with Crippen molar-refractivity contribution in [1.29, 1.82) is 0 Å². The van der Waals surface area contributed by atoms with E-state index in [9.17, 15) is 0 Å². The first kappa shape index (κ1) is 18.9. The van der Waals surface area contributed by atoms with Crippen LogP contribution in [0.25, 0.3) is 11.3 Å². The Morgan fingerprint density at radius 2 is 1.96 bits per heavy atom. The van der Waals surface area contributed by atoms with Gasteiger partial charge in [-0.1, -0.05) is 36.8 Å². The van der Waals surface area contributed by atoms with Crippen molar-refractivity contribution in [3.63, 3.8) is 0 Å². The maximum absolute atomic E-state index is 5.66. The first-order valence-electron chi connectivity index (χ1n) is 8.82. The van der Waals surface area contributed by atoms with Crippen LogP contribution in [-0.4, -0.2) is 24.9 Å². The molecule has 1 aromatic heterocycles. The molecule has 3 aromatic rings. The Hall–Kier alpha value is -2.86. The van der Waals surface area contributed by atoms with Gasteiger partial charge in [-0.15, -0.1) is 11.3 Å². The lowest BCUT2D eigenvalue weighted by molar-refractivity contribution is 0.294. The second kappa shape index (κ2) is 9.19. The molecule has 3 rings (SSSR count). The molecule has 0 aliphatic carbocycles. The van der Waals surface area contributed by atoms with Gasteiger partial charge in [-0.25, -0.2) is 4.98 Å². The summed E-state index contributed by atoms with van der Waals surface area (Å²) in [5, 5.41) is 7.04. The number of benzene rings is 2. The Morgan fingerprint density at radius 3 is 2.70 bits per heavy atom. The highest BCUT2D eigenvalue weighted by atomic mass is 32.1. The molecule has 140 valence electrons. The fraction of sp³-hybridized carbons (Fsp3) is 0.238. The number of nitrogens with one attached hydrogen (secondary N) is 1. The van der Waals surface area contributed by atoms with Crippen molar-refractivity contribution < 1.29 is 9.47 Å². The van der Waals surface area contributed by atoms with Crippen molar-refractivity contribution >= 4 is 22.7 Å². The van der Waals surface area contributed by atoms with E-state index in [4.69, 9.17) is 9.47 Å². The number of hydrogen-bond donors (Lipinski definition) is 1. The molecule has 0 amide bonds. The SMILES string of the molecule is CCCOc1ccc(/C=N\Nc2nc(-c3ccc(C)cc3)cs2)cc1OC. The monoisotopic (exact) mass is 381 g/mol. The molecule has 5 nitrogen and oxygen atoms in total. The standard InChI is InChI=1S/C21H23N3O2S/c1-4-11-26-19-10-7-16(12-20(19)25-3)13-22-24-21-23-18(14-27-21)17-8-5-15(2)6-9-17/h5-10,12-14H,4,11H2,1-3H3,(H,23,24)/b22-13-. The van der Waals surface area contributed by atoms with E-state index in [0.29, 0.717) is 12.4 Å². The molecule has 0 aliphatic heterocycles. The van der Waals surface area contributed by atoms with E-state index in [0.717, 1.165) is 34.1 Å². The molecule has 2 aromatic carbocycles. The van der Waals surface area contributed by atoms with Gasteiger partial charge in [0.2, 0.25) is 5.13 Å². The van der Waals surface area contributed by atoms with Gasteiger partial charge in [0.15, 0.2) is 11.5 Å². The lowest BCUT2D eigenvalue weighted by atomic mass is 10.1. The summed E-state index contributed by atoms with van der Waals surface area (Å²) in [6.07, 6.45) is 2.69. The molecule has 6 heteroatoms. The number of nitrogens with zero attached hydrogens (tertiary/aromatic N) is 2. The van der Waals surface area contributed by atoms with Crippen LogP contribution in [0.15, 0.2) is 52.9 Å². The van der Waals surface area contributed by atoms with Crippen molar-refractivity contribution in [1.82, 2.24) is 4.98 Å². The number of thiazole rings is 1. The van der Waals surface area contributed by atoms with Gasteiger partial charge in [0.1, 0.15) is 0 Å². The second-order valence-electron chi connectivity index (χ2n) is 6.03. The number of rotatable bonds is 8. The number of hydrogen-bond acceptors (Lipinski definition) is 6. The highest BCUT2D eigenvalue weighted by Crippen LogP contribution is 2.28. The summed E-state index contributed by atoms with van der Waals surface area (Å²) in [5.74, 6) is 1.44. The molecule has 0 fully saturated rings. The van der Waals surface area contributed by atoms with Crippen LogP contribution < -0.4 is 14.9 Å². The van der Waals surface area contributed by atoms with E-state index in [1.807, 2.05) is 23.6 Å². The molecule has 0 atom stereocenters. The minimum absolute atomic E-state index is 0.665. The van der Waals surface area contributed by atoms with Crippen LogP contribution in [0.5, 0.6) is 11.5 Å². The summed E-state index contributed by atoms with van der Waals surface area (Å²) in [6.45, 7) is 4.81. The summed E-state index contributed by atoms with van der Waals surface area (Å²) in [5.41, 5.74) is 7.18. The maximum atomic E-state index is 5.66. The summed E-state index contributed by atoms with van der Waals surface area (Å²) in [6, 6.07) is 14.1. The van der Waals surface area contributed by atoms with E-state index in [2.05, 4.69) is 53.6 Å². The smallest absolute Gasteiger partial charge is 0.203 e. The zero-order valence-corrected chi connectivity index (χ0v) is 16.5. The van der Waals surface area contributed by atoms with Crippen molar-refractivity contribution in [2.75, 3.05) is 19.1 Å². The van der Waals surface area contributed by atoms with Crippen molar-refractivity contribution in [3.8, 4) is 22.8 Å². The molecule has 0 radical (unpaired) electrons. The normalized spacial score (nSPS) is 10.9. The first-order chi connectivity index (χ1) is 13.2. The largest absolute Gasteiger partial charge is 0.493 e. The topological polar surface area (TPSA) is 55.7 Å². The van der Waals surface area contributed by atoms with Crippen molar-refractivity contribution in [3.05, 3.63) is 59.0 Å². The highest BCUT2D eigenvalue weighted by molar-refractivity contribution is 7.14. The van der Waals surface area contributed by atoms with Gasteiger partial charge in [0, 0.05) is 10.9 Å². The predicted molar refractivity (Wildman–Crippen MR) is 112 cm³/mol. The third kappa shape index (κ3) is 5.08. The number of aromatic nitrogens is 1. The van der Waals surface area contributed by atoms with E-state index in [1.54, 1.807) is 13.3 Å². The van der Waals surface area contributed by atoms with Crippen molar-refractivity contribution in [2.45, 2.75) is 20.3 Å². The fourth-order valence-electron chi connectivity index (χ4n) is 2.44. The molecule has 1 heterocycles. The van der Waals surface area contributed by atoms with Crippen LogP contribution >= 0.6 is 11.3 Å². The van der Waals surface area contributed by atoms with Crippen LogP contribution in [0.2, 0.25) is 0 Å². The zero-order chi connectivity index (χ0) is 19.1. The lowest BCUT2D eigenvalue weighted by Gasteiger charge is -2.10. The van der Waals surface area contributed by atoms with E-state index < -0.39 is 0 Å². The first-order valence-corrected chi connectivity index (χ1v) is 9.70. The van der Waals surface area contributed by atoms with Gasteiger partial charge in [-0.3, -0.25) is 5.43 Å².